The monoisotopic (exact) mass is 481 g/mol. The molecule has 0 atom stereocenters. The van der Waals surface area contributed by atoms with Gasteiger partial charge < -0.3 is 19.2 Å². The van der Waals surface area contributed by atoms with Gasteiger partial charge in [-0.1, -0.05) is 37.1 Å². The molecule has 8 heteroatoms. The van der Waals surface area contributed by atoms with Crippen molar-refractivity contribution < 1.29 is 27.1 Å². The van der Waals surface area contributed by atoms with Gasteiger partial charge in [0.15, 0.2) is 27.1 Å². The van der Waals surface area contributed by atoms with Crippen LogP contribution in [-0.4, -0.2) is 34.1 Å². The maximum Gasteiger partial charge on any atom is 0.287 e. The second-order valence-electron chi connectivity index (χ2n) is 8.88. The Kier molecular flexibility index (Phi) is 6.08. The summed E-state index contributed by atoms with van der Waals surface area (Å²) in [6, 6.07) is 15.8. The molecule has 1 saturated carbocycles. The van der Waals surface area contributed by atoms with Crippen LogP contribution in [0.5, 0.6) is 11.5 Å². The van der Waals surface area contributed by atoms with Gasteiger partial charge in [-0.2, -0.15) is 0 Å². The molecule has 0 unspecified atom stereocenters. The number of ether oxygens (including phenoxy) is 2. The van der Waals surface area contributed by atoms with Gasteiger partial charge in [-0.3, -0.25) is 4.79 Å². The smallest absolute Gasteiger partial charge is 0.287 e. The molecular weight excluding hydrogens is 454 g/mol. The molecule has 1 fully saturated rings. The van der Waals surface area contributed by atoms with Crippen molar-refractivity contribution in [3.8, 4) is 11.5 Å². The quantitative estimate of drug-likeness (QED) is 0.542. The van der Waals surface area contributed by atoms with Gasteiger partial charge in [0.1, 0.15) is 13.2 Å². The van der Waals surface area contributed by atoms with Gasteiger partial charge in [-0.15, -0.1) is 0 Å². The van der Waals surface area contributed by atoms with E-state index in [1.165, 1.54) is 6.26 Å². The first-order valence-corrected chi connectivity index (χ1v) is 13.1. The molecule has 7 nitrogen and oxygen atoms in total. The molecule has 0 radical (unpaired) electrons. The lowest BCUT2D eigenvalue weighted by molar-refractivity contribution is 0.0914. The van der Waals surface area contributed by atoms with Gasteiger partial charge in [0.05, 0.1) is 16.9 Å². The lowest BCUT2D eigenvalue weighted by Gasteiger charge is -2.31. The average molecular weight is 482 g/mol. The predicted molar refractivity (Wildman–Crippen MR) is 126 cm³/mol. The Morgan fingerprint density at radius 1 is 0.941 bits per heavy atom. The number of hydrogen-bond donors (Lipinski definition) is 1. The van der Waals surface area contributed by atoms with E-state index in [4.69, 9.17) is 13.9 Å². The normalized spacial score (nSPS) is 16.8. The van der Waals surface area contributed by atoms with E-state index in [0.29, 0.717) is 25.3 Å². The Labute approximate surface area is 199 Å². The summed E-state index contributed by atoms with van der Waals surface area (Å²) in [7, 11) is -3.60. The molecule has 1 aliphatic heterocycles. The summed E-state index contributed by atoms with van der Waals surface area (Å²) in [5.41, 5.74) is 1.25. The Morgan fingerprint density at radius 3 is 2.44 bits per heavy atom. The maximum atomic E-state index is 13.1. The van der Waals surface area contributed by atoms with Crippen molar-refractivity contribution in [3.05, 3.63) is 77.7 Å². The van der Waals surface area contributed by atoms with Crippen LogP contribution in [0.3, 0.4) is 0 Å². The summed E-state index contributed by atoms with van der Waals surface area (Å²) in [4.78, 5) is 13.3. The summed E-state index contributed by atoms with van der Waals surface area (Å²) < 4.78 is 42.4. The Morgan fingerprint density at radius 2 is 1.68 bits per heavy atom. The van der Waals surface area contributed by atoms with Crippen LogP contribution < -0.4 is 14.8 Å². The molecule has 1 aliphatic carbocycles. The zero-order valence-corrected chi connectivity index (χ0v) is 19.6. The van der Waals surface area contributed by atoms with Gasteiger partial charge in [-0.05, 0) is 48.7 Å². The molecule has 5 rings (SSSR count). The van der Waals surface area contributed by atoms with E-state index in [-0.39, 0.29) is 21.8 Å². The lowest BCUT2D eigenvalue weighted by atomic mass is 9.78. The largest absolute Gasteiger partial charge is 0.486 e. The van der Waals surface area contributed by atoms with Crippen molar-refractivity contribution in [1.82, 2.24) is 5.32 Å². The van der Waals surface area contributed by atoms with E-state index < -0.39 is 15.7 Å². The zero-order chi connectivity index (χ0) is 23.6. The molecule has 0 spiro atoms. The first-order chi connectivity index (χ1) is 16.5. The molecule has 2 aromatic carbocycles. The molecule has 1 aromatic heterocycles. The Hall–Kier alpha value is -3.26. The SMILES string of the molecule is O=C(NCC1(c2ccc3c(c2)OCCO3)CCCC1)c1occc1CS(=O)(=O)c1ccccc1. The number of carbonyl (C=O) groups excluding carboxylic acids is 1. The van der Waals surface area contributed by atoms with E-state index in [2.05, 4.69) is 11.4 Å². The van der Waals surface area contributed by atoms with E-state index in [9.17, 15) is 13.2 Å². The molecule has 3 aromatic rings. The molecule has 178 valence electrons. The highest BCUT2D eigenvalue weighted by Crippen LogP contribution is 2.44. The second-order valence-corrected chi connectivity index (χ2v) is 10.9. The van der Waals surface area contributed by atoms with Crippen LogP contribution in [-0.2, 0) is 21.0 Å². The fourth-order valence-electron chi connectivity index (χ4n) is 4.89. The second kappa shape index (κ2) is 9.18. The molecule has 1 N–H and O–H groups in total. The number of hydrogen-bond acceptors (Lipinski definition) is 6. The van der Waals surface area contributed by atoms with Crippen LogP contribution >= 0.6 is 0 Å². The van der Waals surface area contributed by atoms with Gasteiger partial charge in [-0.25, -0.2) is 8.42 Å². The standard InChI is InChI=1S/C26H27NO6S/c28-25(24-19(10-13-33-24)17-34(29,30)21-6-2-1-3-7-21)27-18-26(11-4-5-12-26)20-8-9-22-23(16-20)32-15-14-31-22/h1-3,6-10,13,16H,4-5,11-12,14-15,17-18H2,(H,27,28). The minimum Gasteiger partial charge on any atom is -0.486 e. The number of amides is 1. The van der Waals surface area contributed by atoms with E-state index in [0.717, 1.165) is 42.7 Å². The van der Waals surface area contributed by atoms with Crippen LogP contribution in [0, 0.1) is 0 Å². The summed E-state index contributed by atoms with van der Waals surface area (Å²) in [6.07, 6.45) is 5.40. The van der Waals surface area contributed by atoms with Gasteiger partial charge in [0, 0.05) is 17.5 Å². The molecule has 0 bridgehead atoms. The van der Waals surface area contributed by atoms with Crippen LogP contribution in [0.2, 0.25) is 0 Å². The van der Waals surface area contributed by atoms with E-state index in [1.54, 1.807) is 36.4 Å². The van der Waals surface area contributed by atoms with Crippen LogP contribution in [0.25, 0.3) is 0 Å². The lowest BCUT2D eigenvalue weighted by Crippen LogP contribution is -2.39. The highest BCUT2D eigenvalue weighted by Gasteiger charge is 2.37. The molecule has 2 aliphatic rings. The summed E-state index contributed by atoms with van der Waals surface area (Å²) in [5, 5.41) is 3.01. The van der Waals surface area contributed by atoms with Crippen LogP contribution in [0.4, 0.5) is 0 Å². The van der Waals surface area contributed by atoms with Crippen molar-refractivity contribution in [2.45, 2.75) is 41.7 Å². The third-order valence-corrected chi connectivity index (χ3v) is 8.38. The third kappa shape index (κ3) is 4.42. The van der Waals surface area contributed by atoms with Gasteiger partial charge in [0.2, 0.25) is 0 Å². The molecule has 2 heterocycles. The average Bonchev–Trinajstić information content (AvgIpc) is 3.53. The Bertz CT molecular complexity index is 1280. The Balaban J connectivity index is 1.33. The van der Waals surface area contributed by atoms with Crippen LogP contribution in [0.1, 0.15) is 47.4 Å². The van der Waals surface area contributed by atoms with Gasteiger partial charge in [0.25, 0.3) is 5.91 Å². The predicted octanol–water partition coefficient (Wildman–Crippen LogP) is 4.27. The number of rotatable bonds is 7. The van der Waals surface area contributed by atoms with Crippen molar-refractivity contribution in [2.24, 2.45) is 0 Å². The van der Waals surface area contributed by atoms with Crippen LogP contribution in [0.15, 0.2) is 70.2 Å². The number of furan rings is 1. The van der Waals surface area contributed by atoms with Crippen molar-refractivity contribution >= 4 is 15.7 Å². The molecule has 34 heavy (non-hydrogen) atoms. The minimum atomic E-state index is -3.60. The van der Waals surface area contributed by atoms with Crippen molar-refractivity contribution in [3.63, 3.8) is 0 Å². The number of carbonyl (C=O) groups is 1. The van der Waals surface area contributed by atoms with Crippen molar-refractivity contribution in [1.29, 1.82) is 0 Å². The molecule has 1 amide bonds. The first-order valence-electron chi connectivity index (χ1n) is 11.5. The molecular formula is C26H27NO6S. The zero-order valence-electron chi connectivity index (χ0n) is 18.8. The molecule has 0 saturated heterocycles. The summed E-state index contributed by atoms with van der Waals surface area (Å²) >= 11 is 0. The maximum absolute atomic E-state index is 13.1. The fraction of sp³-hybridized carbons (Fsp3) is 0.346. The van der Waals surface area contributed by atoms with Gasteiger partial charge >= 0.3 is 0 Å². The summed E-state index contributed by atoms with van der Waals surface area (Å²) in [5.74, 6) is 0.804. The highest BCUT2D eigenvalue weighted by molar-refractivity contribution is 7.90. The number of fused-ring (bicyclic) bond motifs is 1. The number of benzene rings is 2. The van der Waals surface area contributed by atoms with Crippen molar-refractivity contribution in [2.75, 3.05) is 19.8 Å². The van der Waals surface area contributed by atoms with E-state index >= 15 is 0 Å². The third-order valence-electron chi connectivity index (χ3n) is 6.70. The topological polar surface area (TPSA) is 94.8 Å². The minimum absolute atomic E-state index is 0.0369. The van der Waals surface area contributed by atoms with E-state index in [1.807, 2.05) is 12.1 Å². The highest BCUT2D eigenvalue weighted by atomic mass is 32.2. The first kappa shape index (κ1) is 22.5. The number of nitrogens with one attached hydrogen (secondary N) is 1. The number of sulfone groups is 1. The summed E-state index contributed by atoms with van der Waals surface area (Å²) in [6.45, 7) is 1.49. The fourth-order valence-corrected chi connectivity index (χ4v) is 6.26.